The predicted molar refractivity (Wildman–Crippen MR) is 123 cm³/mol. The Kier molecular flexibility index (Phi) is 5.52. The Morgan fingerprint density at radius 3 is 2.84 bits per heavy atom. The van der Waals surface area contributed by atoms with Crippen LogP contribution in [0.15, 0.2) is 36.0 Å². The third-order valence-corrected chi connectivity index (χ3v) is 7.11. The fourth-order valence-corrected chi connectivity index (χ4v) is 5.08. The van der Waals surface area contributed by atoms with Crippen molar-refractivity contribution in [3.63, 3.8) is 0 Å². The second-order valence-electron chi connectivity index (χ2n) is 8.62. The molecule has 2 atom stereocenters. The zero-order valence-electron chi connectivity index (χ0n) is 17.8. The van der Waals surface area contributed by atoms with E-state index in [-0.39, 0.29) is 12.0 Å². The van der Waals surface area contributed by atoms with Gasteiger partial charge in [0, 0.05) is 18.0 Å². The van der Waals surface area contributed by atoms with Crippen molar-refractivity contribution >= 4 is 44.9 Å². The number of nitrogens with two attached hydrogens (primary N) is 1. The van der Waals surface area contributed by atoms with Crippen molar-refractivity contribution in [1.82, 2.24) is 14.9 Å². The lowest BCUT2D eigenvalue weighted by Crippen LogP contribution is -2.46. The number of amides is 2. The Morgan fingerprint density at radius 1 is 1.22 bits per heavy atom. The molecule has 2 amide bonds. The lowest BCUT2D eigenvalue weighted by atomic mass is 9.89. The standard InChI is InChI=1S/C23H25N5O3S/c1-13-2-4-19(14-3-5-20-18(6-14)26-12-32-20)28(9-13)23(30)22(29)27-16-7-17(15-10-31-11-15)21(24)25-8-16/h3,5-8,12-13,15,19H,2,4,9-11H2,1H3,(H2,24,25)(H,27,29)/t13-,19+/m0/s1. The highest BCUT2D eigenvalue weighted by Crippen LogP contribution is 2.35. The van der Waals surface area contributed by atoms with Crippen molar-refractivity contribution in [3.8, 4) is 0 Å². The molecule has 0 saturated carbocycles. The van der Waals surface area contributed by atoms with Crippen molar-refractivity contribution in [2.45, 2.75) is 31.7 Å². The zero-order chi connectivity index (χ0) is 22.2. The van der Waals surface area contributed by atoms with Crippen LogP contribution >= 0.6 is 11.3 Å². The summed E-state index contributed by atoms with van der Waals surface area (Å²) in [5, 5.41) is 2.72. The van der Waals surface area contributed by atoms with Crippen molar-refractivity contribution in [1.29, 1.82) is 0 Å². The monoisotopic (exact) mass is 451 g/mol. The molecule has 9 heteroatoms. The van der Waals surface area contributed by atoms with Crippen LogP contribution < -0.4 is 11.1 Å². The summed E-state index contributed by atoms with van der Waals surface area (Å²) >= 11 is 1.59. The molecule has 0 unspecified atom stereocenters. The van der Waals surface area contributed by atoms with Gasteiger partial charge >= 0.3 is 11.8 Å². The molecule has 4 heterocycles. The predicted octanol–water partition coefficient (Wildman–Crippen LogP) is 3.33. The lowest BCUT2D eigenvalue weighted by Gasteiger charge is -2.38. The molecule has 0 radical (unpaired) electrons. The summed E-state index contributed by atoms with van der Waals surface area (Å²) in [6.45, 7) is 3.81. The first-order valence-electron chi connectivity index (χ1n) is 10.8. The van der Waals surface area contributed by atoms with Crippen molar-refractivity contribution in [3.05, 3.63) is 47.1 Å². The average molecular weight is 452 g/mol. The van der Waals surface area contributed by atoms with Gasteiger partial charge < -0.3 is 20.7 Å². The number of piperidine rings is 1. The van der Waals surface area contributed by atoms with Gasteiger partial charge in [0.25, 0.3) is 0 Å². The van der Waals surface area contributed by atoms with E-state index in [0.29, 0.717) is 37.2 Å². The molecule has 2 aliphatic rings. The van der Waals surface area contributed by atoms with E-state index in [4.69, 9.17) is 10.5 Å². The topological polar surface area (TPSA) is 110 Å². The van der Waals surface area contributed by atoms with Crippen molar-refractivity contribution < 1.29 is 14.3 Å². The summed E-state index contributed by atoms with van der Waals surface area (Å²) in [6, 6.07) is 7.74. The largest absolute Gasteiger partial charge is 0.383 e. The van der Waals surface area contributed by atoms with Gasteiger partial charge in [-0.25, -0.2) is 9.97 Å². The van der Waals surface area contributed by atoms with Crippen LogP contribution in [0, 0.1) is 5.92 Å². The second kappa shape index (κ2) is 8.48. The van der Waals surface area contributed by atoms with Gasteiger partial charge in [0.05, 0.1) is 46.9 Å². The first kappa shape index (κ1) is 20.8. The number of aromatic nitrogens is 2. The zero-order valence-corrected chi connectivity index (χ0v) is 18.6. The molecule has 0 bridgehead atoms. The number of carbonyl (C=O) groups is 2. The van der Waals surface area contributed by atoms with E-state index < -0.39 is 11.8 Å². The highest BCUT2D eigenvalue weighted by Gasteiger charge is 2.34. The molecule has 2 saturated heterocycles. The SMILES string of the molecule is C[C@H]1CC[C@H](c2ccc3scnc3c2)N(C(=O)C(=O)Nc2cnc(N)c(C3COC3)c2)C1. The van der Waals surface area contributed by atoms with Crippen LogP contribution in [0.2, 0.25) is 0 Å². The summed E-state index contributed by atoms with van der Waals surface area (Å²) in [6.07, 6.45) is 3.29. The van der Waals surface area contributed by atoms with Crippen LogP contribution in [0.4, 0.5) is 11.5 Å². The number of pyridine rings is 1. The summed E-state index contributed by atoms with van der Waals surface area (Å²) < 4.78 is 6.34. The van der Waals surface area contributed by atoms with E-state index in [9.17, 15) is 9.59 Å². The molecule has 3 N–H and O–H groups in total. The Hall–Kier alpha value is -3.04. The maximum absolute atomic E-state index is 13.2. The van der Waals surface area contributed by atoms with E-state index >= 15 is 0 Å². The van der Waals surface area contributed by atoms with Gasteiger partial charge in [0.2, 0.25) is 0 Å². The number of carbonyl (C=O) groups excluding carboxylic acids is 2. The fraction of sp³-hybridized carbons (Fsp3) is 0.391. The molecule has 2 aromatic heterocycles. The van der Waals surface area contributed by atoms with Crippen LogP contribution in [-0.2, 0) is 14.3 Å². The van der Waals surface area contributed by atoms with E-state index in [1.54, 1.807) is 22.3 Å². The molecule has 8 nitrogen and oxygen atoms in total. The van der Waals surface area contributed by atoms with E-state index in [1.165, 1.54) is 6.20 Å². The molecular weight excluding hydrogens is 426 g/mol. The van der Waals surface area contributed by atoms with Gasteiger partial charge in [0.1, 0.15) is 5.82 Å². The van der Waals surface area contributed by atoms with Gasteiger partial charge in [0.15, 0.2) is 0 Å². The quantitative estimate of drug-likeness (QED) is 0.591. The first-order valence-corrected chi connectivity index (χ1v) is 11.7. The molecule has 0 spiro atoms. The van der Waals surface area contributed by atoms with Crippen LogP contribution in [0.25, 0.3) is 10.2 Å². The number of anilines is 2. The number of rotatable bonds is 3. The number of benzene rings is 1. The van der Waals surface area contributed by atoms with Crippen LogP contribution in [0.5, 0.6) is 0 Å². The van der Waals surface area contributed by atoms with E-state index in [2.05, 4.69) is 22.2 Å². The number of nitrogens with zero attached hydrogens (tertiary/aromatic N) is 3. The molecule has 5 rings (SSSR count). The Balaban J connectivity index is 1.36. The highest BCUT2D eigenvalue weighted by molar-refractivity contribution is 7.16. The molecule has 3 aromatic rings. The maximum Gasteiger partial charge on any atom is 0.313 e. The fourth-order valence-electron chi connectivity index (χ4n) is 4.42. The third kappa shape index (κ3) is 3.93. The number of hydrogen-bond donors (Lipinski definition) is 2. The van der Waals surface area contributed by atoms with Gasteiger partial charge in [-0.15, -0.1) is 11.3 Å². The number of ether oxygens (including phenoxy) is 1. The van der Waals surface area contributed by atoms with Gasteiger partial charge in [-0.2, -0.15) is 0 Å². The smallest absolute Gasteiger partial charge is 0.313 e. The van der Waals surface area contributed by atoms with Crippen LogP contribution in [0.1, 0.15) is 42.9 Å². The molecular formula is C23H25N5O3S. The van der Waals surface area contributed by atoms with Crippen molar-refractivity contribution in [2.24, 2.45) is 5.92 Å². The number of thiazole rings is 1. The Morgan fingerprint density at radius 2 is 2.06 bits per heavy atom. The molecule has 32 heavy (non-hydrogen) atoms. The second-order valence-corrected chi connectivity index (χ2v) is 9.51. The summed E-state index contributed by atoms with van der Waals surface area (Å²) in [7, 11) is 0. The average Bonchev–Trinajstić information content (AvgIpc) is 3.22. The maximum atomic E-state index is 13.2. The minimum atomic E-state index is -0.666. The first-order chi connectivity index (χ1) is 15.5. The normalized spacial score (nSPS) is 21.3. The summed E-state index contributed by atoms with van der Waals surface area (Å²) in [4.78, 5) is 36.4. The molecule has 2 fully saturated rings. The van der Waals surface area contributed by atoms with Crippen molar-refractivity contribution in [2.75, 3.05) is 30.8 Å². The number of nitrogens with one attached hydrogen (secondary N) is 1. The molecule has 2 aliphatic heterocycles. The van der Waals surface area contributed by atoms with Crippen LogP contribution in [-0.4, -0.2) is 46.4 Å². The van der Waals surface area contributed by atoms with Gasteiger partial charge in [-0.3, -0.25) is 9.59 Å². The van der Waals surface area contributed by atoms with E-state index in [0.717, 1.165) is 34.2 Å². The number of hydrogen-bond acceptors (Lipinski definition) is 7. The number of fused-ring (bicyclic) bond motifs is 1. The third-order valence-electron chi connectivity index (χ3n) is 6.30. The van der Waals surface area contributed by atoms with Crippen LogP contribution in [0.3, 0.4) is 0 Å². The lowest BCUT2D eigenvalue weighted by molar-refractivity contribution is -0.146. The number of likely N-dealkylation sites (tertiary alicyclic amines) is 1. The minimum Gasteiger partial charge on any atom is -0.383 e. The molecule has 1 aromatic carbocycles. The summed E-state index contributed by atoms with van der Waals surface area (Å²) in [5.74, 6) is -0.283. The Bertz CT molecular complexity index is 1180. The summed E-state index contributed by atoms with van der Waals surface area (Å²) in [5.41, 5.74) is 11.0. The van der Waals surface area contributed by atoms with Gasteiger partial charge in [-0.1, -0.05) is 13.0 Å². The molecule has 166 valence electrons. The highest BCUT2D eigenvalue weighted by atomic mass is 32.1. The Labute approximate surface area is 189 Å². The minimum absolute atomic E-state index is 0.150. The molecule has 0 aliphatic carbocycles. The van der Waals surface area contributed by atoms with Gasteiger partial charge in [-0.05, 0) is 42.5 Å². The number of nitrogen functional groups attached to an aromatic ring is 1. The van der Waals surface area contributed by atoms with E-state index in [1.807, 2.05) is 23.7 Å².